The summed E-state index contributed by atoms with van der Waals surface area (Å²) in [4.78, 5) is 0. The fourth-order valence-electron chi connectivity index (χ4n) is 5.24. The fraction of sp³-hybridized carbons (Fsp3) is 0. The normalized spacial score (nSPS) is 11.8. The molecule has 162 valence electrons. The quantitative estimate of drug-likeness (QED) is 0.296. The van der Waals surface area contributed by atoms with Gasteiger partial charge in [0.25, 0.3) is 0 Å². The van der Waals surface area contributed by atoms with E-state index in [4.69, 9.17) is 11.7 Å². The van der Waals surface area contributed by atoms with Crippen LogP contribution in [0.15, 0.2) is 109 Å². The van der Waals surface area contributed by atoms with Crippen molar-refractivity contribution in [1.82, 2.24) is 9.35 Å². The van der Waals surface area contributed by atoms with Crippen LogP contribution >= 0.6 is 0 Å². The van der Waals surface area contributed by atoms with E-state index in [1.165, 1.54) is 27.3 Å². The van der Waals surface area contributed by atoms with Gasteiger partial charge < -0.3 is 11.7 Å². The Balaban J connectivity index is 1.37. The van der Waals surface area contributed by atoms with E-state index in [2.05, 4.69) is 97.1 Å². The Morgan fingerprint density at radius 1 is 0.353 bits per heavy atom. The Labute approximate surface area is 196 Å². The van der Waals surface area contributed by atoms with Crippen LogP contribution in [0.2, 0.25) is 0 Å². The Morgan fingerprint density at radius 2 is 0.853 bits per heavy atom. The van der Waals surface area contributed by atoms with E-state index in [9.17, 15) is 0 Å². The smallest absolute Gasteiger partial charge is 0.0709 e. The first-order chi connectivity index (χ1) is 16.7. The number of benzene rings is 5. The molecule has 0 aliphatic carbocycles. The molecule has 0 amide bonds. The van der Waals surface area contributed by atoms with Crippen LogP contribution < -0.4 is 11.7 Å². The molecule has 4 N–H and O–H groups in total. The molecule has 0 aliphatic rings. The van der Waals surface area contributed by atoms with Gasteiger partial charge in [-0.3, -0.25) is 9.35 Å². The molecule has 0 saturated carbocycles. The number of fused-ring (bicyclic) bond motifs is 6. The van der Waals surface area contributed by atoms with Crippen molar-refractivity contribution in [2.24, 2.45) is 0 Å². The van der Waals surface area contributed by atoms with Crippen molar-refractivity contribution >= 4 is 43.6 Å². The van der Waals surface area contributed by atoms with E-state index in [0.717, 1.165) is 38.6 Å². The SMILES string of the molecule is Nn1c2ccccc2c2cc(-c3cccc(-c4ccc5c6ccccc6n(N)c5c4)c3)ccc21. The van der Waals surface area contributed by atoms with Gasteiger partial charge in [-0.15, -0.1) is 0 Å². The summed E-state index contributed by atoms with van der Waals surface area (Å²) in [6.45, 7) is 0. The Bertz CT molecular complexity index is 1890. The summed E-state index contributed by atoms with van der Waals surface area (Å²) in [7, 11) is 0. The fourth-order valence-corrected chi connectivity index (χ4v) is 5.24. The average Bonchev–Trinajstić information content (AvgIpc) is 3.35. The largest absolute Gasteiger partial charge is 0.339 e. The maximum absolute atomic E-state index is 6.45. The highest BCUT2D eigenvalue weighted by atomic mass is 15.3. The van der Waals surface area contributed by atoms with Gasteiger partial charge in [0.1, 0.15) is 0 Å². The van der Waals surface area contributed by atoms with Gasteiger partial charge in [0.2, 0.25) is 0 Å². The van der Waals surface area contributed by atoms with Crippen molar-refractivity contribution < 1.29 is 0 Å². The summed E-state index contributed by atoms with van der Waals surface area (Å²) >= 11 is 0. The summed E-state index contributed by atoms with van der Waals surface area (Å²) in [6, 6.07) is 38.2. The van der Waals surface area contributed by atoms with Crippen LogP contribution in [0.25, 0.3) is 65.9 Å². The third-order valence-corrected chi connectivity index (χ3v) is 6.95. The third-order valence-electron chi connectivity index (χ3n) is 6.95. The molecule has 4 heteroatoms. The summed E-state index contributed by atoms with van der Waals surface area (Å²) in [5, 5.41) is 4.67. The molecular formula is C30H22N4. The molecule has 0 spiro atoms. The minimum atomic E-state index is 1.03. The summed E-state index contributed by atoms with van der Waals surface area (Å²) in [6.07, 6.45) is 0. The molecule has 2 heterocycles. The molecule has 34 heavy (non-hydrogen) atoms. The predicted octanol–water partition coefficient (Wildman–Crippen LogP) is 6.66. The highest BCUT2D eigenvalue weighted by Gasteiger charge is 2.12. The van der Waals surface area contributed by atoms with Crippen molar-refractivity contribution in [1.29, 1.82) is 0 Å². The number of nitrogen functional groups attached to an aromatic ring is 2. The van der Waals surface area contributed by atoms with E-state index < -0.39 is 0 Å². The van der Waals surface area contributed by atoms with E-state index in [0.29, 0.717) is 0 Å². The maximum atomic E-state index is 6.45. The lowest BCUT2D eigenvalue weighted by Crippen LogP contribution is -2.06. The zero-order valence-corrected chi connectivity index (χ0v) is 18.4. The summed E-state index contributed by atoms with van der Waals surface area (Å²) in [5.74, 6) is 12.8. The molecule has 0 fully saturated rings. The summed E-state index contributed by atoms with van der Waals surface area (Å²) in [5.41, 5.74) is 8.77. The second-order valence-electron chi connectivity index (χ2n) is 8.82. The molecule has 2 aromatic heterocycles. The van der Waals surface area contributed by atoms with Gasteiger partial charge in [-0.05, 0) is 58.7 Å². The maximum Gasteiger partial charge on any atom is 0.0709 e. The standard InChI is InChI=1S/C30H22N4/c31-33-28-11-4-2-9-24(28)26-17-21(13-15-29(26)33)19-6-5-7-20(16-19)22-12-14-25-23-8-1-3-10-27(23)34(32)30(25)18-22/h1-18H,31-32H2. The van der Waals surface area contributed by atoms with E-state index >= 15 is 0 Å². The zero-order chi connectivity index (χ0) is 22.8. The highest BCUT2D eigenvalue weighted by molar-refractivity contribution is 6.10. The minimum absolute atomic E-state index is 1.03. The van der Waals surface area contributed by atoms with Gasteiger partial charge in [0, 0.05) is 21.5 Å². The second-order valence-corrected chi connectivity index (χ2v) is 8.82. The van der Waals surface area contributed by atoms with Crippen molar-refractivity contribution in [3.05, 3.63) is 109 Å². The lowest BCUT2D eigenvalue weighted by Gasteiger charge is -2.08. The first kappa shape index (κ1) is 18.8. The molecule has 7 rings (SSSR count). The highest BCUT2D eigenvalue weighted by Crippen LogP contribution is 2.34. The van der Waals surface area contributed by atoms with Gasteiger partial charge in [-0.25, -0.2) is 0 Å². The molecule has 4 nitrogen and oxygen atoms in total. The Kier molecular flexibility index (Phi) is 3.82. The monoisotopic (exact) mass is 438 g/mol. The molecule has 7 aromatic rings. The van der Waals surface area contributed by atoms with Crippen LogP contribution in [-0.4, -0.2) is 9.35 Å². The van der Waals surface area contributed by atoms with Crippen LogP contribution in [0.4, 0.5) is 0 Å². The van der Waals surface area contributed by atoms with Gasteiger partial charge in [-0.1, -0.05) is 72.8 Å². The molecule has 5 aromatic carbocycles. The Morgan fingerprint density at radius 3 is 1.59 bits per heavy atom. The first-order valence-electron chi connectivity index (χ1n) is 11.4. The third kappa shape index (κ3) is 2.60. The molecule has 0 radical (unpaired) electrons. The molecule has 0 atom stereocenters. The number of hydrogen-bond acceptors (Lipinski definition) is 2. The van der Waals surface area contributed by atoms with Gasteiger partial charge in [0.05, 0.1) is 22.1 Å². The minimum Gasteiger partial charge on any atom is -0.339 e. The van der Waals surface area contributed by atoms with Crippen molar-refractivity contribution in [3.63, 3.8) is 0 Å². The number of nitrogens with zero attached hydrogens (tertiary/aromatic N) is 2. The molecule has 0 unspecified atom stereocenters. The van der Waals surface area contributed by atoms with Crippen molar-refractivity contribution in [3.8, 4) is 22.3 Å². The van der Waals surface area contributed by atoms with E-state index in [1.807, 2.05) is 12.1 Å². The molecule has 0 bridgehead atoms. The van der Waals surface area contributed by atoms with Crippen LogP contribution in [0.5, 0.6) is 0 Å². The first-order valence-corrected chi connectivity index (χ1v) is 11.4. The van der Waals surface area contributed by atoms with Crippen LogP contribution in [0.1, 0.15) is 0 Å². The van der Waals surface area contributed by atoms with Gasteiger partial charge in [0.15, 0.2) is 0 Å². The number of hydrogen-bond donors (Lipinski definition) is 2. The number of para-hydroxylation sites is 2. The van der Waals surface area contributed by atoms with E-state index in [1.54, 1.807) is 9.35 Å². The summed E-state index contributed by atoms with van der Waals surface area (Å²) < 4.78 is 3.56. The second kappa shape index (κ2) is 6.90. The van der Waals surface area contributed by atoms with Gasteiger partial charge >= 0.3 is 0 Å². The van der Waals surface area contributed by atoms with Crippen molar-refractivity contribution in [2.75, 3.05) is 11.7 Å². The lowest BCUT2D eigenvalue weighted by atomic mass is 9.97. The molecule has 0 saturated heterocycles. The zero-order valence-electron chi connectivity index (χ0n) is 18.4. The van der Waals surface area contributed by atoms with Crippen LogP contribution in [0, 0.1) is 0 Å². The van der Waals surface area contributed by atoms with Crippen molar-refractivity contribution in [2.45, 2.75) is 0 Å². The van der Waals surface area contributed by atoms with E-state index in [-0.39, 0.29) is 0 Å². The average molecular weight is 439 g/mol. The number of nitrogens with two attached hydrogens (primary N) is 2. The topological polar surface area (TPSA) is 61.9 Å². The van der Waals surface area contributed by atoms with Gasteiger partial charge in [-0.2, -0.15) is 0 Å². The van der Waals surface area contributed by atoms with Crippen LogP contribution in [-0.2, 0) is 0 Å². The number of rotatable bonds is 2. The lowest BCUT2D eigenvalue weighted by molar-refractivity contribution is 1.12. The predicted molar refractivity (Wildman–Crippen MR) is 144 cm³/mol. The molecule has 0 aliphatic heterocycles. The number of aromatic nitrogens is 2. The Hall–Kier alpha value is -4.70. The molecular weight excluding hydrogens is 416 g/mol. The van der Waals surface area contributed by atoms with Crippen LogP contribution in [0.3, 0.4) is 0 Å².